The lowest BCUT2D eigenvalue weighted by Crippen LogP contribution is -2.16. The topological polar surface area (TPSA) is 69.1 Å². The summed E-state index contributed by atoms with van der Waals surface area (Å²) in [4.78, 5) is 14.0. The lowest BCUT2D eigenvalue weighted by molar-refractivity contribution is 0.0995. The normalized spacial score (nSPS) is 22.2. The van der Waals surface area contributed by atoms with Gasteiger partial charge in [-0.2, -0.15) is 5.10 Å². The summed E-state index contributed by atoms with van der Waals surface area (Å²) in [5.41, 5.74) is 12.8. The lowest BCUT2D eigenvalue weighted by Gasteiger charge is -2.15. The van der Waals surface area contributed by atoms with Gasteiger partial charge in [0.1, 0.15) is 0 Å². The van der Waals surface area contributed by atoms with Gasteiger partial charge in [0.05, 0.1) is 5.69 Å². The summed E-state index contributed by atoms with van der Waals surface area (Å²) in [6, 6.07) is 17.4. The molecule has 2 aromatic carbocycles. The second-order valence-electron chi connectivity index (χ2n) is 10.7. The van der Waals surface area contributed by atoms with Crippen molar-refractivity contribution in [3.05, 3.63) is 82.8 Å². The fourth-order valence-electron chi connectivity index (χ4n) is 6.48. The predicted octanol–water partition coefficient (Wildman–Crippen LogP) is 4.65. The van der Waals surface area contributed by atoms with Crippen LogP contribution in [0.25, 0.3) is 16.6 Å². The molecule has 6 rings (SSSR count). The van der Waals surface area contributed by atoms with E-state index in [0.717, 1.165) is 35.7 Å². The molecule has 1 aliphatic carbocycles. The number of aromatic nitrogens is 3. The Morgan fingerprint density at radius 3 is 2.40 bits per heavy atom. The quantitative estimate of drug-likeness (QED) is 0.465. The highest BCUT2D eigenvalue weighted by atomic mass is 16.1. The van der Waals surface area contributed by atoms with Crippen molar-refractivity contribution in [2.75, 3.05) is 20.1 Å². The Morgan fingerprint density at radius 1 is 1.03 bits per heavy atom. The zero-order valence-corrected chi connectivity index (χ0v) is 20.7. The van der Waals surface area contributed by atoms with Crippen molar-refractivity contribution >= 4 is 16.8 Å². The minimum atomic E-state index is -0.510. The molecule has 3 atom stereocenters. The van der Waals surface area contributed by atoms with Gasteiger partial charge in [0.25, 0.3) is 5.91 Å². The Labute approximate surface area is 206 Å². The van der Waals surface area contributed by atoms with Crippen LogP contribution in [-0.2, 0) is 6.54 Å². The Kier molecular flexibility index (Phi) is 5.29. The Morgan fingerprint density at radius 2 is 1.74 bits per heavy atom. The van der Waals surface area contributed by atoms with Crippen LogP contribution in [0.1, 0.15) is 51.6 Å². The molecular formula is C29H33N5O. The van der Waals surface area contributed by atoms with Crippen LogP contribution in [-0.4, -0.2) is 45.3 Å². The molecule has 2 aromatic heterocycles. The average molecular weight is 468 g/mol. The van der Waals surface area contributed by atoms with Gasteiger partial charge >= 0.3 is 0 Å². The Bertz CT molecular complexity index is 1400. The molecule has 2 N–H and O–H groups in total. The number of likely N-dealkylation sites (tertiary alicyclic amines) is 1. The maximum Gasteiger partial charge on any atom is 0.269 e. The van der Waals surface area contributed by atoms with Crippen molar-refractivity contribution in [1.29, 1.82) is 0 Å². The molecule has 0 bridgehead atoms. The van der Waals surface area contributed by atoms with Crippen LogP contribution in [0.2, 0.25) is 0 Å². The van der Waals surface area contributed by atoms with E-state index >= 15 is 0 Å². The summed E-state index contributed by atoms with van der Waals surface area (Å²) >= 11 is 0. The van der Waals surface area contributed by atoms with E-state index in [9.17, 15) is 4.79 Å². The molecular weight excluding hydrogens is 434 g/mol. The SMILES string of the molecule is Cc1cn(Cc2ccc([C@@H]3C[C@@H]4CN(C)C[C@@H]4C3)cc2)c2ccc(-n3nc(C(N)=O)cc3C)cc12. The van der Waals surface area contributed by atoms with Crippen molar-refractivity contribution < 1.29 is 4.79 Å². The van der Waals surface area contributed by atoms with Gasteiger partial charge in [-0.3, -0.25) is 4.79 Å². The number of benzene rings is 2. The van der Waals surface area contributed by atoms with Crippen molar-refractivity contribution in [1.82, 2.24) is 19.2 Å². The summed E-state index contributed by atoms with van der Waals surface area (Å²) in [6.07, 6.45) is 4.91. The fraction of sp³-hybridized carbons (Fsp3) is 0.379. The van der Waals surface area contributed by atoms with E-state index in [1.165, 1.54) is 53.5 Å². The number of amides is 1. The summed E-state index contributed by atoms with van der Waals surface area (Å²) in [5, 5.41) is 5.58. The summed E-state index contributed by atoms with van der Waals surface area (Å²) in [5.74, 6) is 1.99. The highest BCUT2D eigenvalue weighted by Gasteiger charge is 2.39. The Hall–Kier alpha value is -3.38. The summed E-state index contributed by atoms with van der Waals surface area (Å²) in [7, 11) is 2.26. The number of hydrogen-bond acceptors (Lipinski definition) is 3. The molecule has 1 saturated heterocycles. The first-order valence-electron chi connectivity index (χ1n) is 12.6. The maximum atomic E-state index is 11.5. The van der Waals surface area contributed by atoms with E-state index in [2.05, 4.69) is 77.2 Å². The predicted molar refractivity (Wildman–Crippen MR) is 139 cm³/mol. The standard InChI is InChI=1S/C29H33N5O/c1-18-14-33(28-9-8-25(13-26(18)28)34-19(2)10-27(31-34)29(30)35)15-20-4-6-21(7-5-20)22-11-23-16-32(3)17-24(23)12-22/h4-10,13-14,22-24H,11-12,15-17H2,1-3H3,(H2,30,35)/t22-,23-,24+. The molecule has 0 unspecified atom stereocenters. The molecule has 180 valence electrons. The first-order chi connectivity index (χ1) is 16.9. The number of fused-ring (bicyclic) bond motifs is 2. The average Bonchev–Trinajstić information content (AvgIpc) is 3.57. The highest BCUT2D eigenvalue weighted by Crippen LogP contribution is 2.45. The number of nitrogens with zero attached hydrogens (tertiary/aromatic N) is 4. The van der Waals surface area contributed by atoms with Gasteiger partial charge in [0.2, 0.25) is 0 Å². The third-order valence-corrected chi connectivity index (χ3v) is 8.19. The number of primary amides is 1. The zero-order valence-electron chi connectivity index (χ0n) is 20.7. The van der Waals surface area contributed by atoms with Gasteiger partial charge in [-0.25, -0.2) is 4.68 Å². The van der Waals surface area contributed by atoms with Crippen molar-refractivity contribution in [3.63, 3.8) is 0 Å². The number of aryl methyl sites for hydroxylation is 2. The molecule has 1 amide bonds. The number of rotatable bonds is 5. The van der Waals surface area contributed by atoms with Crippen LogP contribution in [0.15, 0.2) is 54.7 Å². The molecule has 35 heavy (non-hydrogen) atoms. The molecule has 0 radical (unpaired) electrons. The van der Waals surface area contributed by atoms with Gasteiger partial charge < -0.3 is 15.2 Å². The molecule has 1 aliphatic heterocycles. The Balaban J connectivity index is 1.22. The minimum absolute atomic E-state index is 0.286. The number of carbonyl (C=O) groups is 1. The fourth-order valence-corrected chi connectivity index (χ4v) is 6.48. The lowest BCUT2D eigenvalue weighted by atomic mass is 9.95. The largest absolute Gasteiger partial charge is 0.364 e. The van der Waals surface area contributed by atoms with E-state index in [0.29, 0.717) is 0 Å². The molecule has 0 spiro atoms. The van der Waals surface area contributed by atoms with Gasteiger partial charge in [0.15, 0.2) is 5.69 Å². The van der Waals surface area contributed by atoms with Gasteiger partial charge in [0, 0.05) is 42.4 Å². The van der Waals surface area contributed by atoms with Crippen LogP contribution >= 0.6 is 0 Å². The van der Waals surface area contributed by atoms with Gasteiger partial charge in [-0.1, -0.05) is 24.3 Å². The second kappa shape index (κ2) is 8.38. The molecule has 2 aliphatic rings. The van der Waals surface area contributed by atoms with E-state index in [1.54, 1.807) is 10.7 Å². The van der Waals surface area contributed by atoms with Gasteiger partial charge in [-0.05, 0) is 92.4 Å². The number of carbonyl (C=O) groups excluding carboxylic acids is 1. The van der Waals surface area contributed by atoms with Gasteiger partial charge in [-0.15, -0.1) is 0 Å². The first kappa shape index (κ1) is 22.1. The van der Waals surface area contributed by atoms with E-state index in [1.807, 2.05) is 6.92 Å². The van der Waals surface area contributed by atoms with Crippen molar-refractivity contribution in [2.45, 2.75) is 39.2 Å². The van der Waals surface area contributed by atoms with Crippen LogP contribution in [0, 0.1) is 25.7 Å². The van der Waals surface area contributed by atoms with E-state index < -0.39 is 5.91 Å². The zero-order chi connectivity index (χ0) is 24.3. The van der Waals surface area contributed by atoms with Crippen LogP contribution in [0.3, 0.4) is 0 Å². The molecule has 1 saturated carbocycles. The molecule has 3 heterocycles. The first-order valence-corrected chi connectivity index (χ1v) is 12.6. The minimum Gasteiger partial charge on any atom is -0.364 e. The molecule has 6 nitrogen and oxygen atoms in total. The van der Waals surface area contributed by atoms with E-state index in [-0.39, 0.29) is 5.69 Å². The van der Waals surface area contributed by atoms with Crippen molar-refractivity contribution in [2.24, 2.45) is 17.6 Å². The number of hydrogen-bond donors (Lipinski definition) is 1. The summed E-state index contributed by atoms with van der Waals surface area (Å²) in [6.45, 7) is 7.46. The third-order valence-electron chi connectivity index (χ3n) is 8.19. The van der Waals surface area contributed by atoms with Crippen LogP contribution < -0.4 is 5.73 Å². The smallest absolute Gasteiger partial charge is 0.269 e. The molecule has 4 aromatic rings. The third kappa shape index (κ3) is 3.96. The van der Waals surface area contributed by atoms with Crippen LogP contribution in [0.5, 0.6) is 0 Å². The molecule has 2 fully saturated rings. The second-order valence-corrected chi connectivity index (χ2v) is 10.7. The van der Waals surface area contributed by atoms with Crippen molar-refractivity contribution in [3.8, 4) is 5.69 Å². The number of nitrogens with two attached hydrogens (primary N) is 1. The maximum absolute atomic E-state index is 11.5. The highest BCUT2D eigenvalue weighted by molar-refractivity contribution is 5.91. The van der Waals surface area contributed by atoms with E-state index in [4.69, 9.17) is 5.73 Å². The monoisotopic (exact) mass is 467 g/mol. The van der Waals surface area contributed by atoms with Crippen LogP contribution in [0.4, 0.5) is 0 Å². The molecule has 6 heteroatoms. The summed E-state index contributed by atoms with van der Waals surface area (Å²) < 4.78 is 4.11.